The summed E-state index contributed by atoms with van der Waals surface area (Å²) in [6.45, 7) is 0.463. The number of nitrogens with one attached hydrogen (secondary N) is 2. The SMILES string of the molecule is O=C(O)c1c[nH]c(=O)cc1NCc1ccccc1. The van der Waals surface area contributed by atoms with Crippen LogP contribution in [0.1, 0.15) is 15.9 Å². The predicted octanol–water partition coefficient (Wildman–Crippen LogP) is 1.69. The quantitative estimate of drug-likeness (QED) is 0.764. The summed E-state index contributed by atoms with van der Waals surface area (Å²) in [4.78, 5) is 24.5. The fraction of sp³-hybridized carbons (Fsp3) is 0.0769. The van der Waals surface area contributed by atoms with Gasteiger partial charge in [0.05, 0.1) is 11.3 Å². The molecule has 1 heterocycles. The van der Waals surface area contributed by atoms with Crippen molar-refractivity contribution in [3.05, 3.63) is 64.1 Å². The third-order valence-corrected chi connectivity index (χ3v) is 2.48. The highest BCUT2D eigenvalue weighted by Crippen LogP contribution is 2.13. The van der Waals surface area contributed by atoms with E-state index in [1.165, 1.54) is 12.3 Å². The van der Waals surface area contributed by atoms with Crippen molar-refractivity contribution in [1.82, 2.24) is 4.98 Å². The molecule has 0 fully saturated rings. The summed E-state index contributed by atoms with van der Waals surface area (Å²) in [6, 6.07) is 10.8. The van der Waals surface area contributed by atoms with Gasteiger partial charge < -0.3 is 15.4 Å². The topological polar surface area (TPSA) is 82.2 Å². The molecule has 0 aliphatic heterocycles. The van der Waals surface area contributed by atoms with E-state index in [1.54, 1.807) is 0 Å². The van der Waals surface area contributed by atoms with Gasteiger partial charge in [-0.1, -0.05) is 30.3 Å². The van der Waals surface area contributed by atoms with Crippen molar-refractivity contribution >= 4 is 11.7 Å². The van der Waals surface area contributed by atoms with E-state index in [1.807, 2.05) is 30.3 Å². The Morgan fingerprint density at radius 3 is 2.67 bits per heavy atom. The molecule has 0 amide bonds. The van der Waals surface area contributed by atoms with Crippen LogP contribution in [0.25, 0.3) is 0 Å². The molecule has 0 saturated carbocycles. The number of aromatic amines is 1. The van der Waals surface area contributed by atoms with Gasteiger partial charge in [-0.25, -0.2) is 4.79 Å². The number of carbonyl (C=O) groups is 1. The van der Waals surface area contributed by atoms with E-state index in [0.29, 0.717) is 12.2 Å². The van der Waals surface area contributed by atoms with E-state index < -0.39 is 5.97 Å². The third-order valence-electron chi connectivity index (χ3n) is 2.48. The molecule has 0 aliphatic rings. The summed E-state index contributed by atoms with van der Waals surface area (Å²) in [6.07, 6.45) is 1.19. The fourth-order valence-corrected chi connectivity index (χ4v) is 1.59. The van der Waals surface area contributed by atoms with Gasteiger partial charge in [-0.15, -0.1) is 0 Å². The summed E-state index contributed by atoms with van der Waals surface area (Å²) in [5.41, 5.74) is 1.03. The first-order valence-corrected chi connectivity index (χ1v) is 5.40. The first-order chi connectivity index (χ1) is 8.66. The molecular formula is C13H12N2O3. The maximum Gasteiger partial charge on any atom is 0.339 e. The van der Waals surface area contributed by atoms with E-state index in [2.05, 4.69) is 10.3 Å². The Kier molecular flexibility index (Phi) is 3.43. The highest BCUT2D eigenvalue weighted by Gasteiger charge is 2.10. The lowest BCUT2D eigenvalue weighted by molar-refractivity contribution is 0.0697. The molecule has 18 heavy (non-hydrogen) atoms. The Balaban J connectivity index is 2.21. The number of pyridine rings is 1. The van der Waals surface area contributed by atoms with Gasteiger partial charge in [0, 0.05) is 18.8 Å². The Hall–Kier alpha value is -2.56. The Labute approximate surface area is 103 Å². The molecule has 92 valence electrons. The summed E-state index contributed by atoms with van der Waals surface area (Å²) in [7, 11) is 0. The molecule has 0 aliphatic carbocycles. The second-order valence-corrected chi connectivity index (χ2v) is 3.77. The second-order valence-electron chi connectivity index (χ2n) is 3.77. The highest BCUT2D eigenvalue weighted by atomic mass is 16.4. The lowest BCUT2D eigenvalue weighted by Crippen LogP contribution is -2.13. The molecule has 0 radical (unpaired) electrons. The molecule has 1 aromatic heterocycles. The number of carboxylic acid groups (broad SMARTS) is 1. The van der Waals surface area contributed by atoms with Crippen LogP contribution in [0.2, 0.25) is 0 Å². The van der Waals surface area contributed by atoms with E-state index in [9.17, 15) is 9.59 Å². The van der Waals surface area contributed by atoms with Crippen molar-refractivity contribution < 1.29 is 9.90 Å². The van der Waals surface area contributed by atoms with Gasteiger partial charge in [0.15, 0.2) is 0 Å². The number of aromatic nitrogens is 1. The number of benzene rings is 1. The van der Waals surface area contributed by atoms with Crippen LogP contribution < -0.4 is 10.9 Å². The Morgan fingerprint density at radius 1 is 1.28 bits per heavy atom. The van der Waals surface area contributed by atoms with Crippen LogP contribution in [0.15, 0.2) is 47.4 Å². The minimum Gasteiger partial charge on any atom is -0.478 e. The number of anilines is 1. The maximum atomic E-state index is 11.2. The number of hydrogen-bond acceptors (Lipinski definition) is 3. The van der Waals surface area contributed by atoms with Gasteiger partial charge in [0.2, 0.25) is 5.56 Å². The molecule has 2 aromatic rings. The number of rotatable bonds is 4. The second kappa shape index (κ2) is 5.18. The molecule has 2 rings (SSSR count). The largest absolute Gasteiger partial charge is 0.478 e. The van der Waals surface area contributed by atoms with Crippen molar-refractivity contribution in [3.63, 3.8) is 0 Å². The zero-order valence-electron chi connectivity index (χ0n) is 9.51. The van der Waals surface area contributed by atoms with E-state index in [-0.39, 0.29) is 11.1 Å². The molecule has 0 bridgehead atoms. The van der Waals surface area contributed by atoms with E-state index in [4.69, 9.17) is 5.11 Å². The molecule has 3 N–H and O–H groups in total. The zero-order valence-corrected chi connectivity index (χ0v) is 9.51. The van der Waals surface area contributed by atoms with Gasteiger partial charge in [-0.3, -0.25) is 4.79 Å². The number of aromatic carboxylic acids is 1. The van der Waals surface area contributed by atoms with Crippen LogP contribution in [0.3, 0.4) is 0 Å². The lowest BCUT2D eigenvalue weighted by atomic mass is 10.2. The third kappa shape index (κ3) is 2.76. The van der Waals surface area contributed by atoms with Gasteiger partial charge in [0.1, 0.15) is 0 Å². The van der Waals surface area contributed by atoms with Crippen LogP contribution in [0.5, 0.6) is 0 Å². The van der Waals surface area contributed by atoms with Crippen LogP contribution in [0, 0.1) is 0 Å². The van der Waals surface area contributed by atoms with Crippen LogP contribution in [-0.4, -0.2) is 16.1 Å². The first kappa shape index (κ1) is 11.9. The standard InChI is InChI=1S/C13H12N2O3/c16-12-6-11(10(8-15-12)13(17)18)14-7-9-4-2-1-3-5-9/h1-6,8H,7H2,(H,17,18)(H2,14,15,16). The zero-order chi connectivity index (χ0) is 13.0. The maximum absolute atomic E-state index is 11.2. The van der Waals surface area contributed by atoms with Gasteiger partial charge >= 0.3 is 5.97 Å². The summed E-state index contributed by atoms with van der Waals surface area (Å²) in [5, 5.41) is 11.9. The van der Waals surface area contributed by atoms with Gasteiger partial charge in [0.25, 0.3) is 0 Å². The van der Waals surface area contributed by atoms with Crippen molar-refractivity contribution in [1.29, 1.82) is 0 Å². The molecule has 0 saturated heterocycles. The molecule has 0 atom stereocenters. The molecular weight excluding hydrogens is 232 g/mol. The number of carboxylic acids is 1. The first-order valence-electron chi connectivity index (χ1n) is 5.40. The van der Waals surface area contributed by atoms with Crippen molar-refractivity contribution in [2.24, 2.45) is 0 Å². The lowest BCUT2D eigenvalue weighted by Gasteiger charge is -2.08. The van der Waals surface area contributed by atoms with Gasteiger partial charge in [-0.2, -0.15) is 0 Å². The Bertz CT molecular complexity index is 605. The minimum absolute atomic E-state index is 0.0468. The van der Waals surface area contributed by atoms with Crippen molar-refractivity contribution in [2.75, 3.05) is 5.32 Å². The number of H-pyrrole nitrogens is 1. The van der Waals surface area contributed by atoms with Crippen LogP contribution in [-0.2, 0) is 6.54 Å². The molecule has 1 aromatic carbocycles. The van der Waals surface area contributed by atoms with Crippen molar-refractivity contribution in [2.45, 2.75) is 6.54 Å². The molecule has 5 heteroatoms. The highest BCUT2D eigenvalue weighted by molar-refractivity contribution is 5.93. The Morgan fingerprint density at radius 2 is 2.00 bits per heavy atom. The average Bonchev–Trinajstić information content (AvgIpc) is 2.37. The van der Waals surface area contributed by atoms with Gasteiger partial charge in [-0.05, 0) is 5.56 Å². The average molecular weight is 244 g/mol. The van der Waals surface area contributed by atoms with Crippen LogP contribution in [0.4, 0.5) is 5.69 Å². The molecule has 5 nitrogen and oxygen atoms in total. The molecule has 0 unspecified atom stereocenters. The van der Waals surface area contributed by atoms with Crippen molar-refractivity contribution in [3.8, 4) is 0 Å². The predicted molar refractivity (Wildman–Crippen MR) is 67.8 cm³/mol. The normalized spacial score (nSPS) is 10.0. The van der Waals surface area contributed by atoms with Crippen LogP contribution >= 0.6 is 0 Å². The van der Waals surface area contributed by atoms with E-state index >= 15 is 0 Å². The fourth-order valence-electron chi connectivity index (χ4n) is 1.59. The monoisotopic (exact) mass is 244 g/mol. The smallest absolute Gasteiger partial charge is 0.339 e. The summed E-state index contributed by atoms with van der Waals surface area (Å²) in [5.74, 6) is -1.08. The minimum atomic E-state index is -1.08. The summed E-state index contributed by atoms with van der Waals surface area (Å²) < 4.78 is 0. The summed E-state index contributed by atoms with van der Waals surface area (Å²) >= 11 is 0. The van der Waals surface area contributed by atoms with E-state index in [0.717, 1.165) is 5.56 Å². The molecule has 0 spiro atoms. The number of hydrogen-bond donors (Lipinski definition) is 3.